The van der Waals surface area contributed by atoms with Gasteiger partial charge in [-0.3, -0.25) is 9.89 Å². The number of ether oxygens (including phenoxy) is 1. The fourth-order valence-corrected chi connectivity index (χ4v) is 3.19. The van der Waals surface area contributed by atoms with E-state index in [2.05, 4.69) is 35.0 Å². The Bertz CT molecular complexity index is 592. The molecule has 0 spiro atoms. The van der Waals surface area contributed by atoms with E-state index in [9.17, 15) is 0 Å². The van der Waals surface area contributed by atoms with Crippen molar-refractivity contribution >= 4 is 5.71 Å². The molecule has 21 heavy (non-hydrogen) atoms. The molecule has 2 aliphatic rings. The number of rotatable bonds is 2. The van der Waals surface area contributed by atoms with Crippen LogP contribution in [0, 0.1) is 0 Å². The first-order valence-electron chi connectivity index (χ1n) is 7.59. The highest BCUT2D eigenvalue weighted by Crippen LogP contribution is 2.31. The Morgan fingerprint density at radius 2 is 2.24 bits per heavy atom. The van der Waals surface area contributed by atoms with Crippen LogP contribution in [0.25, 0.3) is 0 Å². The summed E-state index contributed by atoms with van der Waals surface area (Å²) in [6.07, 6.45) is 3.70. The van der Waals surface area contributed by atoms with Gasteiger partial charge in [-0.2, -0.15) is 0 Å². The van der Waals surface area contributed by atoms with E-state index >= 15 is 0 Å². The summed E-state index contributed by atoms with van der Waals surface area (Å²) < 4.78 is 5.68. The van der Waals surface area contributed by atoms with E-state index in [1.807, 2.05) is 7.05 Å². The topological polar surface area (TPSA) is 50.8 Å². The van der Waals surface area contributed by atoms with Gasteiger partial charge >= 0.3 is 0 Å². The summed E-state index contributed by atoms with van der Waals surface area (Å²) in [5, 5.41) is 0. The van der Waals surface area contributed by atoms with Crippen molar-refractivity contribution in [3.8, 4) is 5.75 Å². The van der Waals surface area contributed by atoms with Crippen LogP contribution < -0.4 is 10.5 Å². The smallest absolute Gasteiger partial charge is 0.122 e. The fraction of sp³-hybridized carbons (Fsp3) is 0.471. The minimum absolute atomic E-state index is 0.354. The Balaban J connectivity index is 1.78. The highest BCUT2D eigenvalue weighted by Gasteiger charge is 2.25. The largest absolute Gasteiger partial charge is 0.493 e. The highest BCUT2D eigenvalue weighted by atomic mass is 16.5. The van der Waals surface area contributed by atoms with Crippen LogP contribution in [0.1, 0.15) is 30.5 Å². The van der Waals surface area contributed by atoms with Crippen molar-refractivity contribution in [3.63, 3.8) is 0 Å². The van der Waals surface area contributed by atoms with Crippen LogP contribution >= 0.6 is 0 Å². The molecule has 1 unspecified atom stereocenters. The van der Waals surface area contributed by atoms with Crippen LogP contribution in [0.2, 0.25) is 0 Å². The van der Waals surface area contributed by atoms with Crippen molar-refractivity contribution < 1.29 is 4.74 Å². The van der Waals surface area contributed by atoms with Gasteiger partial charge in [-0.25, -0.2) is 0 Å². The van der Waals surface area contributed by atoms with E-state index in [1.54, 1.807) is 6.20 Å². The summed E-state index contributed by atoms with van der Waals surface area (Å²) in [5.41, 5.74) is 10.7. The quantitative estimate of drug-likeness (QED) is 0.907. The average molecular weight is 285 g/mol. The van der Waals surface area contributed by atoms with E-state index in [4.69, 9.17) is 10.5 Å². The molecule has 0 amide bonds. The minimum Gasteiger partial charge on any atom is -0.493 e. The predicted molar refractivity (Wildman–Crippen MR) is 85.9 cm³/mol. The third-order valence-corrected chi connectivity index (χ3v) is 4.60. The molecule has 0 saturated carbocycles. The first-order valence-corrected chi connectivity index (χ1v) is 7.59. The van der Waals surface area contributed by atoms with Crippen molar-refractivity contribution in [1.29, 1.82) is 0 Å². The molecule has 112 valence electrons. The number of fused-ring (bicyclic) bond motifs is 1. The number of benzene rings is 1. The number of nitrogens with two attached hydrogens (primary N) is 1. The summed E-state index contributed by atoms with van der Waals surface area (Å²) in [4.78, 5) is 6.78. The molecule has 2 N–H and O–H groups in total. The van der Waals surface area contributed by atoms with Crippen LogP contribution in [-0.4, -0.2) is 37.4 Å². The number of aliphatic imine (C=N–C) groups is 1. The SMILES string of the molecule is CN=C1CCN(C(C)c2ccc3c(c2)OCC3)CC1=CN. The van der Waals surface area contributed by atoms with E-state index < -0.39 is 0 Å². The van der Waals surface area contributed by atoms with E-state index in [0.29, 0.717) is 6.04 Å². The third-order valence-electron chi connectivity index (χ3n) is 4.60. The first-order chi connectivity index (χ1) is 10.2. The summed E-state index contributed by atoms with van der Waals surface area (Å²) in [6.45, 7) is 4.94. The third kappa shape index (κ3) is 2.68. The Kier molecular flexibility index (Phi) is 3.97. The Morgan fingerprint density at radius 3 is 3.00 bits per heavy atom. The zero-order valence-electron chi connectivity index (χ0n) is 12.8. The van der Waals surface area contributed by atoms with Gasteiger partial charge in [-0.1, -0.05) is 12.1 Å². The number of piperidine rings is 1. The Hall–Kier alpha value is -1.81. The lowest BCUT2D eigenvalue weighted by Crippen LogP contribution is -2.38. The monoisotopic (exact) mass is 285 g/mol. The summed E-state index contributed by atoms with van der Waals surface area (Å²) in [5.74, 6) is 1.06. The molecule has 1 atom stereocenters. The second kappa shape index (κ2) is 5.90. The molecule has 0 radical (unpaired) electrons. The fourth-order valence-electron chi connectivity index (χ4n) is 3.19. The molecule has 3 rings (SSSR count). The lowest BCUT2D eigenvalue weighted by atomic mass is 9.98. The van der Waals surface area contributed by atoms with Gasteiger partial charge in [0.1, 0.15) is 5.75 Å². The molecule has 4 heteroatoms. The highest BCUT2D eigenvalue weighted by molar-refractivity contribution is 6.01. The first kappa shape index (κ1) is 14.1. The lowest BCUT2D eigenvalue weighted by Gasteiger charge is -2.34. The normalized spacial score (nSPS) is 24.1. The summed E-state index contributed by atoms with van der Waals surface area (Å²) in [6, 6.07) is 6.99. The summed E-state index contributed by atoms with van der Waals surface area (Å²) >= 11 is 0. The maximum absolute atomic E-state index is 5.75. The maximum atomic E-state index is 5.75. The molecule has 1 saturated heterocycles. The van der Waals surface area contributed by atoms with Crippen LogP contribution in [0.15, 0.2) is 35.0 Å². The van der Waals surface area contributed by atoms with E-state index in [0.717, 1.165) is 49.6 Å². The summed E-state index contributed by atoms with van der Waals surface area (Å²) in [7, 11) is 1.84. The predicted octanol–water partition coefficient (Wildman–Crippen LogP) is 2.30. The second-order valence-corrected chi connectivity index (χ2v) is 5.72. The zero-order chi connectivity index (χ0) is 14.8. The average Bonchev–Trinajstić information content (AvgIpc) is 3.00. The molecule has 1 aromatic carbocycles. The van der Waals surface area contributed by atoms with Crippen LogP contribution in [0.5, 0.6) is 5.75 Å². The van der Waals surface area contributed by atoms with Crippen molar-refractivity contribution in [3.05, 3.63) is 41.1 Å². The Morgan fingerprint density at radius 1 is 1.38 bits per heavy atom. The molecular formula is C17H23N3O. The van der Waals surface area contributed by atoms with Gasteiger partial charge < -0.3 is 10.5 Å². The Labute approximate surface area is 126 Å². The molecule has 0 aromatic heterocycles. The van der Waals surface area contributed by atoms with Crippen molar-refractivity contribution in [1.82, 2.24) is 4.90 Å². The van der Waals surface area contributed by atoms with Gasteiger partial charge in [0.25, 0.3) is 0 Å². The van der Waals surface area contributed by atoms with Crippen LogP contribution in [0.4, 0.5) is 0 Å². The maximum Gasteiger partial charge on any atom is 0.122 e. The van der Waals surface area contributed by atoms with Gasteiger partial charge in [-0.05, 0) is 24.1 Å². The molecule has 1 aromatic rings. The van der Waals surface area contributed by atoms with Gasteiger partial charge in [0, 0.05) is 56.5 Å². The minimum atomic E-state index is 0.354. The number of hydrogen-bond acceptors (Lipinski definition) is 4. The number of nitrogens with zero attached hydrogens (tertiary/aromatic N) is 2. The molecule has 4 nitrogen and oxygen atoms in total. The van der Waals surface area contributed by atoms with Gasteiger partial charge in [0.2, 0.25) is 0 Å². The van der Waals surface area contributed by atoms with Crippen LogP contribution in [0.3, 0.4) is 0 Å². The standard InChI is InChI=1S/C17H23N3O/c1-12(14-4-3-13-6-8-21-17(13)9-14)20-7-5-16(19-2)15(10-18)11-20/h3-4,9-10,12H,5-8,11,18H2,1-2H3. The van der Waals surface area contributed by atoms with Gasteiger partial charge in [0.15, 0.2) is 0 Å². The number of likely N-dealkylation sites (tertiary alicyclic amines) is 1. The molecular weight excluding hydrogens is 262 g/mol. The van der Waals surface area contributed by atoms with Crippen LogP contribution in [-0.2, 0) is 6.42 Å². The van der Waals surface area contributed by atoms with Crippen molar-refractivity contribution in [2.75, 3.05) is 26.7 Å². The number of hydrogen-bond donors (Lipinski definition) is 1. The lowest BCUT2D eigenvalue weighted by molar-refractivity contribution is 0.229. The van der Waals surface area contributed by atoms with Crippen molar-refractivity contribution in [2.24, 2.45) is 10.7 Å². The second-order valence-electron chi connectivity index (χ2n) is 5.72. The zero-order valence-corrected chi connectivity index (χ0v) is 12.8. The molecule has 0 aliphatic carbocycles. The van der Waals surface area contributed by atoms with Gasteiger partial charge in [0.05, 0.1) is 6.61 Å². The van der Waals surface area contributed by atoms with Crippen molar-refractivity contribution in [2.45, 2.75) is 25.8 Å². The van der Waals surface area contributed by atoms with E-state index in [1.165, 1.54) is 11.1 Å². The molecule has 2 heterocycles. The molecule has 2 aliphatic heterocycles. The van der Waals surface area contributed by atoms with Gasteiger partial charge in [-0.15, -0.1) is 0 Å². The molecule has 0 bridgehead atoms. The van der Waals surface area contributed by atoms with E-state index in [-0.39, 0.29) is 0 Å². The molecule has 1 fully saturated rings.